The lowest BCUT2D eigenvalue weighted by Crippen LogP contribution is -2.12. The van der Waals surface area contributed by atoms with Crippen LogP contribution in [0.5, 0.6) is 0 Å². The van der Waals surface area contributed by atoms with Gasteiger partial charge in [0, 0.05) is 29.8 Å². The Balaban J connectivity index is 2.04. The Kier molecular flexibility index (Phi) is 3.77. The van der Waals surface area contributed by atoms with Crippen molar-refractivity contribution in [1.82, 2.24) is 9.97 Å². The third-order valence-corrected chi connectivity index (χ3v) is 3.98. The topological polar surface area (TPSA) is 74.8 Å². The predicted molar refractivity (Wildman–Crippen MR) is 83.7 cm³/mol. The molecule has 2 N–H and O–H groups in total. The molecule has 5 nitrogen and oxygen atoms in total. The van der Waals surface area contributed by atoms with Crippen molar-refractivity contribution in [1.29, 1.82) is 0 Å². The van der Waals surface area contributed by atoms with E-state index in [9.17, 15) is 17.2 Å². The van der Waals surface area contributed by atoms with Gasteiger partial charge in [-0.25, -0.2) is 22.2 Å². The number of pyridine rings is 1. The van der Waals surface area contributed by atoms with Gasteiger partial charge in [0.05, 0.1) is 11.9 Å². The van der Waals surface area contributed by atoms with Crippen molar-refractivity contribution in [2.75, 3.05) is 11.0 Å². The third-order valence-electron chi connectivity index (χ3n) is 3.39. The summed E-state index contributed by atoms with van der Waals surface area (Å²) in [6.45, 7) is 0. The maximum atomic E-state index is 14.5. The first-order valence-corrected chi connectivity index (χ1v) is 8.60. The second kappa shape index (κ2) is 5.62. The number of aromatic amines is 1. The number of benzene rings is 1. The highest BCUT2D eigenvalue weighted by Gasteiger charge is 2.17. The van der Waals surface area contributed by atoms with E-state index in [0.717, 1.165) is 23.8 Å². The number of nitrogens with one attached hydrogen (secondary N) is 2. The summed E-state index contributed by atoms with van der Waals surface area (Å²) in [6.07, 6.45) is 4.12. The first-order valence-electron chi connectivity index (χ1n) is 6.71. The summed E-state index contributed by atoms with van der Waals surface area (Å²) < 4.78 is 53.0. The largest absolute Gasteiger partial charge is 0.346 e. The second-order valence-corrected chi connectivity index (χ2v) is 6.90. The number of anilines is 1. The summed E-state index contributed by atoms with van der Waals surface area (Å²) in [7, 11) is -3.65. The fourth-order valence-corrected chi connectivity index (χ4v) is 2.94. The number of nitrogens with zero attached hydrogens (tertiary/aromatic N) is 1. The van der Waals surface area contributed by atoms with Crippen LogP contribution in [0.3, 0.4) is 0 Å². The van der Waals surface area contributed by atoms with E-state index >= 15 is 0 Å². The zero-order valence-electron chi connectivity index (χ0n) is 12.1. The molecule has 120 valence electrons. The average Bonchev–Trinajstić information content (AvgIpc) is 2.89. The van der Waals surface area contributed by atoms with E-state index in [4.69, 9.17) is 0 Å². The normalized spacial score (nSPS) is 11.8. The van der Waals surface area contributed by atoms with Crippen LogP contribution in [0.2, 0.25) is 0 Å². The van der Waals surface area contributed by atoms with Gasteiger partial charge in [-0.1, -0.05) is 0 Å². The molecule has 0 fully saturated rings. The van der Waals surface area contributed by atoms with Crippen molar-refractivity contribution in [2.24, 2.45) is 0 Å². The molecular formula is C15H13F2N3O2S. The van der Waals surface area contributed by atoms with Gasteiger partial charge in [0.1, 0.15) is 11.5 Å². The van der Waals surface area contributed by atoms with E-state index in [1.807, 2.05) is 4.72 Å². The Morgan fingerprint density at radius 3 is 2.78 bits per heavy atom. The quantitative estimate of drug-likeness (QED) is 0.769. The molecule has 0 saturated heterocycles. The van der Waals surface area contributed by atoms with Gasteiger partial charge in [-0.2, -0.15) is 0 Å². The monoisotopic (exact) mass is 337 g/mol. The maximum Gasteiger partial charge on any atom is 0.229 e. The van der Waals surface area contributed by atoms with Crippen LogP contribution < -0.4 is 4.72 Å². The van der Waals surface area contributed by atoms with Gasteiger partial charge in [-0.15, -0.1) is 0 Å². The maximum absolute atomic E-state index is 14.5. The van der Waals surface area contributed by atoms with Gasteiger partial charge in [0.25, 0.3) is 0 Å². The molecule has 0 aliphatic rings. The molecule has 0 saturated carbocycles. The molecule has 0 bridgehead atoms. The zero-order valence-corrected chi connectivity index (χ0v) is 12.9. The Morgan fingerprint density at radius 1 is 1.26 bits per heavy atom. The highest BCUT2D eigenvalue weighted by Crippen LogP contribution is 2.26. The van der Waals surface area contributed by atoms with Crippen LogP contribution in [0.4, 0.5) is 14.5 Å². The molecule has 3 rings (SSSR count). The van der Waals surface area contributed by atoms with Gasteiger partial charge in [0.15, 0.2) is 5.82 Å². The van der Waals surface area contributed by atoms with Crippen LogP contribution in [0, 0.1) is 11.6 Å². The molecule has 1 aromatic carbocycles. The zero-order chi connectivity index (χ0) is 16.6. The van der Waals surface area contributed by atoms with Crippen LogP contribution >= 0.6 is 0 Å². The van der Waals surface area contributed by atoms with Crippen LogP contribution in [0.15, 0.2) is 36.7 Å². The van der Waals surface area contributed by atoms with E-state index in [1.54, 1.807) is 24.5 Å². The minimum Gasteiger partial charge on any atom is -0.346 e. The lowest BCUT2D eigenvalue weighted by Gasteiger charge is -2.10. The smallest absolute Gasteiger partial charge is 0.229 e. The second-order valence-electron chi connectivity index (χ2n) is 5.15. The fraction of sp³-hybridized carbons (Fsp3) is 0.133. The first-order chi connectivity index (χ1) is 10.8. The summed E-state index contributed by atoms with van der Waals surface area (Å²) in [5.41, 5.74) is 0.807. The van der Waals surface area contributed by atoms with Crippen molar-refractivity contribution < 1.29 is 17.2 Å². The van der Waals surface area contributed by atoms with Crippen molar-refractivity contribution in [3.63, 3.8) is 0 Å². The molecule has 0 aliphatic carbocycles. The number of aromatic nitrogens is 2. The van der Waals surface area contributed by atoms with Crippen LogP contribution in [-0.4, -0.2) is 24.6 Å². The highest BCUT2D eigenvalue weighted by atomic mass is 32.2. The molecular weight excluding hydrogens is 324 g/mol. The van der Waals surface area contributed by atoms with E-state index in [0.29, 0.717) is 11.2 Å². The lowest BCUT2D eigenvalue weighted by atomic mass is 10.0. The van der Waals surface area contributed by atoms with E-state index in [-0.39, 0.29) is 17.7 Å². The molecule has 0 amide bonds. The molecule has 0 aliphatic heterocycles. The standard InChI is InChI=1S/C15H13F2N3O2S/c1-23(21,22)20-13-5-4-12(16)11(14(13)17)7-9-8-19-15-10(9)3-2-6-18-15/h2-6,8,20H,7H2,1H3,(H,18,19). The number of rotatable bonds is 4. The van der Waals surface area contributed by atoms with Crippen LogP contribution in [-0.2, 0) is 16.4 Å². The minimum atomic E-state index is -3.65. The summed E-state index contributed by atoms with van der Waals surface area (Å²) in [4.78, 5) is 7.05. The summed E-state index contributed by atoms with van der Waals surface area (Å²) in [5.74, 6) is -1.66. The van der Waals surface area contributed by atoms with Crippen molar-refractivity contribution in [3.8, 4) is 0 Å². The van der Waals surface area contributed by atoms with E-state index < -0.39 is 21.7 Å². The van der Waals surface area contributed by atoms with Crippen molar-refractivity contribution >= 4 is 26.7 Å². The van der Waals surface area contributed by atoms with Gasteiger partial charge < -0.3 is 4.98 Å². The molecule has 0 unspecified atom stereocenters. The highest BCUT2D eigenvalue weighted by molar-refractivity contribution is 7.92. The van der Waals surface area contributed by atoms with Gasteiger partial charge in [-0.3, -0.25) is 4.72 Å². The molecule has 0 spiro atoms. The number of sulfonamides is 1. The summed E-state index contributed by atoms with van der Waals surface area (Å²) >= 11 is 0. The number of hydrogen-bond donors (Lipinski definition) is 2. The average molecular weight is 337 g/mol. The lowest BCUT2D eigenvalue weighted by molar-refractivity contribution is 0.563. The molecule has 2 heterocycles. The van der Waals surface area contributed by atoms with Gasteiger partial charge >= 0.3 is 0 Å². The van der Waals surface area contributed by atoms with Gasteiger partial charge in [-0.05, 0) is 29.8 Å². The van der Waals surface area contributed by atoms with E-state index in [2.05, 4.69) is 9.97 Å². The molecule has 8 heteroatoms. The molecule has 0 radical (unpaired) electrons. The minimum absolute atomic E-state index is 0.0252. The SMILES string of the molecule is CS(=O)(=O)Nc1ccc(F)c(Cc2c[nH]c3ncccc23)c1F. The number of halogens is 2. The summed E-state index contributed by atoms with van der Waals surface area (Å²) in [5, 5.41) is 0.757. The molecule has 3 aromatic rings. The predicted octanol–water partition coefficient (Wildman–Crippen LogP) is 2.80. The van der Waals surface area contributed by atoms with Crippen LogP contribution in [0.1, 0.15) is 11.1 Å². The Hall–Kier alpha value is -2.48. The Labute approximate surface area is 131 Å². The van der Waals surface area contributed by atoms with Gasteiger partial charge in [0.2, 0.25) is 10.0 Å². The molecule has 0 atom stereocenters. The van der Waals surface area contributed by atoms with Crippen molar-refractivity contribution in [3.05, 3.63) is 59.4 Å². The number of hydrogen-bond acceptors (Lipinski definition) is 3. The number of H-pyrrole nitrogens is 1. The molecule has 2 aromatic heterocycles. The number of fused-ring (bicyclic) bond motifs is 1. The fourth-order valence-electron chi connectivity index (χ4n) is 2.39. The van der Waals surface area contributed by atoms with Crippen molar-refractivity contribution in [2.45, 2.75) is 6.42 Å². The van der Waals surface area contributed by atoms with Crippen LogP contribution in [0.25, 0.3) is 11.0 Å². The Bertz CT molecular complexity index is 984. The summed E-state index contributed by atoms with van der Waals surface area (Å²) in [6, 6.07) is 5.63. The first kappa shape index (κ1) is 15.4. The Morgan fingerprint density at radius 2 is 2.04 bits per heavy atom. The molecule has 23 heavy (non-hydrogen) atoms. The van der Waals surface area contributed by atoms with E-state index in [1.165, 1.54) is 0 Å². The third kappa shape index (κ3) is 3.16.